The fraction of sp³-hybridized carbons (Fsp3) is 0.167. The summed E-state index contributed by atoms with van der Waals surface area (Å²) >= 11 is 0. The van der Waals surface area contributed by atoms with Crippen LogP contribution in [0.25, 0.3) is 11.0 Å². The Morgan fingerprint density at radius 1 is 1.17 bits per heavy atom. The van der Waals surface area contributed by atoms with Gasteiger partial charge in [0.05, 0.1) is 18.1 Å². The van der Waals surface area contributed by atoms with Crippen molar-refractivity contribution in [1.82, 2.24) is 9.55 Å². The first-order valence-electron chi connectivity index (χ1n) is 7.59. The molecular formula is C18H17N3O3. The summed E-state index contributed by atoms with van der Waals surface area (Å²) in [6.45, 7) is 2.32. The number of fused-ring (bicyclic) bond motifs is 1. The molecule has 2 aromatic carbocycles. The first-order valence-corrected chi connectivity index (χ1v) is 7.59. The number of carbonyl (C=O) groups excluding carboxylic acids is 1. The van der Waals surface area contributed by atoms with Gasteiger partial charge >= 0.3 is 0 Å². The summed E-state index contributed by atoms with van der Waals surface area (Å²) < 4.78 is 6.62. The molecule has 122 valence electrons. The van der Waals surface area contributed by atoms with Crippen molar-refractivity contribution in [2.24, 2.45) is 0 Å². The van der Waals surface area contributed by atoms with Crippen molar-refractivity contribution in [3.8, 4) is 5.75 Å². The van der Waals surface area contributed by atoms with E-state index in [4.69, 9.17) is 4.74 Å². The van der Waals surface area contributed by atoms with Crippen LogP contribution in [0.4, 0.5) is 5.69 Å². The van der Waals surface area contributed by atoms with Gasteiger partial charge in [-0.2, -0.15) is 0 Å². The SMILES string of the molecule is CCn1c(=O)c(C(=O)Nc2ccc(OC)cc2)nc2ccccc21. The number of amides is 1. The maximum absolute atomic E-state index is 12.6. The molecule has 0 unspecified atom stereocenters. The van der Waals surface area contributed by atoms with Crippen molar-refractivity contribution in [2.45, 2.75) is 13.5 Å². The molecule has 0 radical (unpaired) electrons. The molecule has 0 bridgehead atoms. The minimum absolute atomic E-state index is 0.119. The molecule has 0 atom stereocenters. The lowest BCUT2D eigenvalue weighted by Gasteiger charge is -2.10. The summed E-state index contributed by atoms with van der Waals surface area (Å²) in [7, 11) is 1.57. The second-order valence-corrected chi connectivity index (χ2v) is 5.18. The van der Waals surface area contributed by atoms with Crippen LogP contribution in [0.15, 0.2) is 53.3 Å². The summed E-state index contributed by atoms with van der Waals surface area (Å²) in [5.41, 5.74) is 1.37. The van der Waals surface area contributed by atoms with E-state index in [1.165, 1.54) is 0 Å². The van der Waals surface area contributed by atoms with E-state index in [0.29, 0.717) is 29.0 Å². The van der Waals surface area contributed by atoms with Gasteiger partial charge in [-0.25, -0.2) is 4.98 Å². The van der Waals surface area contributed by atoms with Crippen LogP contribution in [0.3, 0.4) is 0 Å². The van der Waals surface area contributed by atoms with Gasteiger partial charge in [0.25, 0.3) is 11.5 Å². The second-order valence-electron chi connectivity index (χ2n) is 5.18. The summed E-state index contributed by atoms with van der Waals surface area (Å²) in [4.78, 5) is 29.3. The van der Waals surface area contributed by atoms with Gasteiger partial charge in [-0.1, -0.05) is 12.1 Å². The van der Waals surface area contributed by atoms with Crippen molar-refractivity contribution in [2.75, 3.05) is 12.4 Å². The predicted molar refractivity (Wildman–Crippen MR) is 92.6 cm³/mol. The average molecular weight is 323 g/mol. The monoisotopic (exact) mass is 323 g/mol. The quantitative estimate of drug-likeness (QED) is 0.801. The molecule has 3 rings (SSSR count). The molecular weight excluding hydrogens is 306 g/mol. The third-order valence-corrected chi connectivity index (χ3v) is 3.73. The van der Waals surface area contributed by atoms with E-state index >= 15 is 0 Å². The van der Waals surface area contributed by atoms with E-state index < -0.39 is 11.5 Å². The smallest absolute Gasteiger partial charge is 0.282 e. The van der Waals surface area contributed by atoms with Crippen molar-refractivity contribution in [3.63, 3.8) is 0 Å². The van der Waals surface area contributed by atoms with Crippen LogP contribution in [0, 0.1) is 0 Å². The van der Waals surface area contributed by atoms with Crippen molar-refractivity contribution in [3.05, 3.63) is 64.6 Å². The number of para-hydroxylation sites is 2. The normalized spacial score (nSPS) is 10.6. The van der Waals surface area contributed by atoms with Crippen LogP contribution in [-0.4, -0.2) is 22.6 Å². The summed E-state index contributed by atoms with van der Waals surface area (Å²) in [6.07, 6.45) is 0. The molecule has 24 heavy (non-hydrogen) atoms. The molecule has 1 amide bonds. The van der Waals surface area contributed by atoms with E-state index in [9.17, 15) is 9.59 Å². The molecule has 6 nitrogen and oxygen atoms in total. The topological polar surface area (TPSA) is 73.2 Å². The highest BCUT2D eigenvalue weighted by Crippen LogP contribution is 2.16. The van der Waals surface area contributed by atoms with Crippen LogP contribution in [-0.2, 0) is 6.54 Å². The Balaban J connectivity index is 2.00. The van der Waals surface area contributed by atoms with E-state index in [0.717, 1.165) is 0 Å². The minimum atomic E-state index is -0.530. The van der Waals surface area contributed by atoms with Gasteiger partial charge < -0.3 is 14.6 Å². The zero-order valence-electron chi connectivity index (χ0n) is 13.4. The lowest BCUT2D eigenvalue weighted by Crippen LogP contribution is -2.30. The zero-order chi connectivity index (χ0) is 17.1. The van der Waals surface area contributed by atoms with Crippen LogP contribution >= 0.6 is 0 Å². The summed E-state index contributed by atoms with van der Waals surface area (Å²) in [5.74, 6) is 0.156. The number of anilines is 1. The maximum atomic E-state index is 12.6. The van der Waals surface area contributed by atoms with Gasteiger partial charge in [-0.15, -0.1) is 0 Å². The molecule has 0 aliphatic carbocycles. The van der Waals surface area contributed by atoms with Crippen molar-refractivity contribution < 1.29 is 9.53 Å². The summed E-state index contributed by atoms with van der Waals surface area (Å²) in [5, 5.41) is 2.70. The maximum Gasteiger partial charge on any atom is 0.282 e. The predicted octanol–water partition coefficient (Wildman–Crippen LogP) is 2.68. The third kappa shape index (κ3) is 2.86. The molecule has 6 heteroatoms. The van der Waals surface area contributed by atoms with E-state index in [-0.39, 0.29) is 5.69 Å². The standard InChI is InChI=1S/C18H17N3O3/c1-3-21-15-7-5-4-6-14(15)20-16(18(21)23)17(22)19-12-8-10-13(24-2)11-9-12/h4-11H,3H2,1-2H3,(H,19,22). The van der Waals surface area contributed by atoms with E-state index in [1.807, 2.05) is 25.1 Å². The Labute approximate surface area is 138 Å². The number of methoxy groups -OCH3 is 1. The Morgan fingerprint density at radius 2 is 1.88 bits per heavy atom. The van der Waals surface area contributed by atoms with Crippen LogP contribution in [0.2, 0.25) is 0 Å². The zero-order valence-corrected chi connectivity index (χ0v) is 13.4. The number of ether oxygens (including phenoxy) is 1. The fourth-order valence-electron chi connectivity index (χ4n) is 2.52. The molecule has 1 aromatic heterocycles. The molecule has 3 aromatic rings. The van der Waals surface area contributed by atoms with E-state index in [2.05, 4.69) is 10.3 Å². The van der Waals surface area contributed by atoms with E-state index in [1.54, 1.807) is 42.0 Å². The highest BCUT2D eigenvalue weighted by atomic mass is 16.5. The first-order chi connectivity index (χ1) is 11.6. The molecule has 0 fully saturated rings. The number of hydrogen-bond acceptors (Lipinski definition) is 4. The van der Waals surface area contributed by atoms with Gasteiger partial charge in [-0.05, 0) is 43.3 Å². The van der Waals surface area contributed by atoms with Gasteiger partial charge in [0, 0.05) is 12.2 Å². The number of hydrogen-bond donors (Lipinski definition) is 1. The molecule has 0 aliphatic rings. The molecule has 0 saturated heterocycles. The van der Waals surface area contributed by atoms with Gasteiger partial charge in [0.1, 0.15) is 5.75 Å². The number of aryl methyl sites for hydroxylation is 1. The fourth-order valence-corrected chi connectivity index (χ4v) is 2.52. The minimum Gasteiger partial charge on any atom is -0.497 e. The van der Waals surface area contributed by atoms with Gasteiger partial charge in [-0.3, -0.25) is 9.59 Å². The molecule has 0 aliphatic heterocycles. The number of nitrogens with one attached hydrogen (secondary N) is 1. The third-order valence-electron chi connectivity index (χ3n) is 3.73. The number of benzene rings is 2. The van der Waals surface area contributed by atoms with Crippen molar-refractivity contribution in [1.29, 1.82) is 0 Å². The highest BCUT2D eigenvalue weighted by Gasteiger charge is 2.17. The van der Waals surface area contributed by atoms with Crippen LogP contribution in [0.1, 0.15) is 17.4 Å². The lowest BCUT2D eigenvalue weighted by molar-refractivity contribution is 0.102. The average Bonchev–Trinajstić information content (AvgIpc) is 2.61. The van der Waals surface area contributed by atoms with Crippen LogP contribution < -0.4 is 15.6 Å². The number of aromatic nitrogens is 2. The molecule has 0 spiro atoms. The molecule has 0 saturated carbocycles. The van der Waals surface area contributed by atoms with Crippen LogP contribution in [0.5, 0.6) is 5.75 Å². The lowest BCUT2D eigenvalue weighted by atomic mass is 10.2. The first kappa shape index (κ1) is 15.7. The summed E-state index contributed by atoms with van der Waals surface area (Å²) in [6, 6.07) is 14.1. The Bertz CT molecular complexity index is 946. The number of nitrogens with zero attached hydrogens (tertiary/aromatic N) is 2. The second kappa shape index (κ2) is 6.54. The Morgan fingerprint density at radius 3 is 2.54 bits per heavy atom. The van der Waals surface area contributed by atoms with Gasteiger partial charge in [0.15, 0.2) is 5.69 Å². The Kier molecular flexibility index (Phi) is 4.29. The highest BCUT2D eigenvalue weighted by molar-refractivity contribution is 6.03. The molecule has 1 N–H and O–H groups in total. The number of carbonyl (C=O) groups is 1. The largest absolute Gasteiger partial charge is 0.497 e. The van der Waals surface area contributed by atoms with Crippen molar-refractivity contribution >= 4 is 22.6 Å². The molecule has 1 heterocycles. The van der Waals surface area contributed by atoms with Gasteiger partial charge in [0.2, 0.25) is 0 Å². The Hall–Kier alpha value is -3.15. The number of rotatable bonds is 4.